The number of sulfonamides is 1. The topological polar surface area (TPSA) is 66.5 Å². The predicted octanol–water partition coefficient (Wildman–Crippen LogP) is 3.43. The Labute approximate surface area is 160 Å². The zero-order valence-corrected chi connectivity index (χ0v) is 16.2. The normalized spacial score (nSPS) is 24.0. The van der Waals surface area contributed by atoms with Gasteiger partial charge in [-0.25, -0.2) is 8.42 Å². The number of hydrogen-bond acceptors (Lipinski definition) is 3. The van der Waals surface area contributed by atoms with Crippen LogP contribution in [-0.2, 0) is 10.0 Å². The van der Waals surface area contributed by atoms with Gasteiger partial charge in [-0.3, -0.25) is 9.10 Å². The van der Waals surface area contributed by atoms with Gasteiger partial charge in [-0.05, 0) is 67.5 Å². The lowest BCUT2D eigenvalue weighted by Crippen LogP contribution is -2.38. The number of anilines is 1. The minimum atomic E-state index is -3.62. The van der Waals surface area contributed by atoms with E-state index in [1.165, 1.54) is 30.6 Å². The Morgan fingerprint density at radius 1 is 1.00 bits per heavy atom. The number of amides is 1. The highest BCUT2D eigenvalue weighted by atomic mass is 32.2. The van der Waals surface area contributed by atoms with Gasteiger partial charge in [0.1, 0.15) is 0 Å². The van der Waals surface area contributed by atoms with E-state index in [4.69, 9.17) is 0 Å². The van der Waals surface area contributed by atoms with Crippen molar-refractivity contribution in [3.8, 4) is 0 Å². The van der Waals surface area contributed by atoms with E-state index in [0.717, 1.165) is 12.3 Å². The first-order valence-electron chi connectivity index (χ1n) is 9.40. The summed E-state index contributed by atoms with van der Waals surface area (Å²) < 4.78 is 26.6. The quantitative estimate of drug-likeness (QED) is 0.859. The third-order valence-corrected chi connectivity index (χ3v) is 7.75. The van der Waals surface area contributed by atoms with Crippen LogP contribution in [0.3, 0.4) is 0 Å². The number of carbonyl (C=O) groups is 1. The SMILES string of the molecule is CN(c1ccc(C(=O)N[C@H]2C[C@H]3CC[C@@H]2C3)cc1)S(=O)(=O)c1ccccc1. The Kier molecular flexibility index (Phi) is 4.68. The molecule has 1 N–H and O–H groups in total. The van der Waals surface area contributed by atoms with Crippen LogP contribution in [0.2, 0.25) is 0 Å². The molecule has 2 aromatic carbocycles. The fraction of sp³-hybridized carbons (Fsp3) is 0.381. The third kappa shape index (κ3) is 3.46. The average molecular weight is 385 g/mol. The zero-order chi connectivity index (χ0) is 19.0. The van der Waals surface area contributed by atoms with E-state index in [0.29, 0.717) is 17.2 Å². The lowest BCUT2D eigenvalue weighted by Gasteiger charge is -2.23. The van der Waals surface area contributed by atoms with E-state index >= 15 is 0 Å². The molecule has 5 nitrogen and oxygen atoms in total. The summed E-state index contributed by atoms with van der Waals surface area (Å²) in [5.41, 5.74) is 1.09. The van der Waals surface area contributed by atoms with E-state index in [-0.39, 0.29) is 16.8 Å². The molecule has 2 saturated carbocycles. The summed E-state index contributed by atoms with van der Waals surface area (Å²) in [6.07, 6.45) is 4.85. The standard InChI is InChI=1S/C21H24N2O3S/c1-23(27(25,26)19-5-3-2-4-6-19)18-11-9-16(10-12-18)21(24)22-20-14-15-7-8-17(20)13-15/h2-6,9-12,15,17,20H,7-8,13-14H2,1H3,(H,22,24)/t15-,17+,20-/m0/s1. The van der Waals surface area contributed by atoms with Gasteiger partial charge in [-0.1, -0.05) is 24.6 Å². The number of carbonyl (C=O) groups excluding carboxylic acids is 1. The molecule has 27 heavy (non-hydrogen) atoms. The average Bonchev–Trinajstić information content (AvgIpc) is 3.31. The largest absolute Gasteiger partial charge is 0.349 e. The van der Waals surface area contributed by atoms with Crippen molar-refractivity contribution in [3.63, 3.8) is 0 Å². The highest BCUT2D eigenvalue weighted by Gasteiger charge is 2.40. The summed E-state index contributed by atoms with van der Waals surface area (Å²) >= 11 is 0. The molecule has 2 aliphatic carbocycles. The Hall–Kier alpha value is -2.34. The lowest BCUT2D eigenvalue weighted by atomic mass is 9.95. The highest BCUT2D eigenvalue weighted by molar-refractivity contribution is 7.92. The molecule has 2 bridgehead atoms. The molecule has 0 radical (unpaired) electrons. The molecule has 6 heteroatoms. The van der Waals surface area contributed by atoms with E-state index in [1.807, 2.05) is 0 Å². The maximum Gasteiger partial charge on any atom is 0.264 e. The monoisotopic (exact) mass is 384 g/mol. The molecule has 0 saturated heterocycles. The Balaban J connectivity index is 1.46. The maximum atomic E-state index is 12.7. The molecule has 0 spiro atoms. The van der Waals surface area contributed by atoms with E-state index in [1.54, 1.807) is 54.6 Å². The van der Waals surface area contributed by atoms with Crippen LogP contribution in [0.25, 0.3) is 0 Å². The predicted molar refractivity (Wildman–Crippen MR) is 105 cm³/mol. The van der Waals surface area contributed by atoms with Gasteiger partial charge < -0.3 is 5.32 Å². The van der Waals surface area contributed by atoms with Crippen molar-refractivity contribution >= 4 is 21.6 Å². The van der Waals surface area contributed by atoms with Gasteiger partial charge in [-0.2, -0.15) is 0 Å². The molecule has 2 aliphatic rings. The van der Waals surface area contributed by atoms with E-state index < -0.39 is 10.0 Å². The first kappa shape index (κ1) is 18.0. The second-order valence-corrected chi connectivity index (χ2v) is 9.56. The number of fused-ring (bicyclic) bond motifs is 2. The summed E-state index contributed by atoms with van der Waals surface area (Å²) in [7, 11) is -2.10. The van der Waals surface area contributed by atoms with Gasteiger partial charge in [0.25, 0.3) is 15.9 Å². The molecule has 0 unspecified atom stereocenters. The van der Waals surface area contributed by atoms with Crippen LogP contribution in [0.1, 0.15) is 36.0 Å². The number of benzene rings is 2. The van der Waals surface area contributed by atoms with E-state index in [9.17, 15) is 13.2 Å². The molecule has 1 amide bonds. The van der Waals surface area contributed by atoms with Crippen molar-refractivity contribution in [2.75, 3.05) is 11.4 Å². The molecular formula is C21H24N2O3S. The van der Waals surface area contributed by atoms with Crippen LogP contribution < -0.4 is 9.62 Å². The summed E-state index contributed by atoms with van der Waals surface area (Å²) in [6, 6.07) is 15.3. The lowest BCUT2D eigenvalue weighted by molar-refractivity contribution is 0.0923. The zero-order valence-electron chi connectivity index (χ0n) is 15.3. The van der Waals surface area contributed by atoms with Crippen LogP contribution in [0.15, 0.2) is 59.5 Å². The fourth-order valence-corrected chi connectivity index (χ4v) is 5.60. The van der Waals surface area contributed by atoms with Gasteiger partial charge >= 0.3 is 0 Å². The molecule has 3 atom stereocenters. The van der Waals surface area contributed by atoms with Gasteiger partial charge in [-0.15, -0.1) is 0 Å². The highest BCUT2D eigenvalue weighted by Crippen LogP contribution is 2.44. The first-order valence-corrected chi connectivity index (χ1v) is 10.8. The van der Waals surface area contributed by atoms with Crippen molar-refractivity contribution in [2.24, 2.45) is 11.8 Å². The molecule has 0 heterocycles. The molecule has 4 rings (SSSR count). The van der Waals surface area contributed by atoms with Crippen LogP contribution in [0.4, 0.5) is 5.69 Å². The van der Waals surface area contributed by atoms with E-state index in [2.05, 4.69) is 5.32 Å². The second kappa shape index (κ2) is 7.00. The van der Waals surface area contributed by atoms with Crippen molar-refractivity contribution < 1.29 is 13.2 Å². The smallest absolute Gasteiger partial charge is 0.264 e. The maximum absolute atomic E-state index is 12.7. The number of nitrogens with zero attached hydrogens (tertiary/aromatic N) is 1. The third-order valence-electron chi connectivity index (χ3n) is 5.95. The summed E-state index contributed by atoms with van der Waals surface area (Å²) in [4.78, 5) is 12.8. The molecule has 2 fully saturated rings. The molecule has 0 aliphatic heterocycles. The van der Waals surface area contributed by atoms with Gasteiger partial charge in [0.15, 0.2) is 0 Å². The molecule has 0 aromatic heterocycles. The second-order valence-electron chi connectivity index (χ2n) is 7.59. The summed E-state index contributed by atoms with van der Waals surface area (Å²) in [5.74, 6) is 1.33. The number of hydrogen-bond donors (Lipinski definition) is 1. The minimum Gasteiger partial charge on any atom is -0.349 e. The Morgan fingerprint density at radius 2 is 1.70 bits per heavy atom. The van der Waals surface area contributed by atoms with Crippen molar-refractivity contribution in [3.05, 3.63) is 60.2 Å². The number of rotatable bonds is 5. The van der Waals surface area contributed by atoms with Gasteiger partial charge in [0, 0.05) is 18.7 Å². The molecule has 2 aromatic rings. The van der Waals surface area contributed by atoms with Crippen LogP contribution in [-0.4, -0.2) is 27.4 Å². The minimum absolute atomic E-state index is 0.0762. The van der Waals surface area contributed by atoms with Crippen molar-refractivity contribution in [1.29, 1.82) is 0 Å². The van der Waals surface area contributed by atoms with Crippen LogP contribution in [0, 0.1) is 11.8 Å². The summed E-state index contributed by atoms with van der Waals surface area (Å²) in [6.45, 7) is 0. The van der Waals surface area contributed by atoms with Crippen molar-refractivity contribution in [2.45, 2.75) is 36.6 Å². The Bertz CT molecular complexity index is 926. The number of nitrogens with one attached hydrogen (secondary N) is 1. The van der Waals surface area contributed by atoms with Gasteiger partial charge in [0.2, 0.25) is 0 Å². The Morgan fingerprint density at radius 3 is 2.30 bits per heavy atom. The fourth-order valence-electron chi connectivity index (χ4n) is 4.39. The van der Waals surface area contributed by atoms with Crippen LogP contribution in [0.5, 0.6) is 0 Å². The molecule has 142 valence electrons. The molecular weight excluding hydrogens is 360 g/mol. The van der Waals surface area contributed by atoms with Crippen molar-refractivity contribution in [1.82, 2.24) is 5.32 Å². The van der Waals surface area contributed by atoms with Crippen LogP contribution >= 0.6 is 0 Å². The first-order chi connectivity index (χ1) is 12.9. The summed E-state index contributed by atoms with van der Waals surface area (Å²) in [5, 5.41) is 3.16. The van der Waals surface area contributed by atoms with Gasteiger partial charge in [0.05, 0.1) is 10.6 Å².